The van der Waals surface area contributed by atoms with E-state index in [1.54, 1.807) is 12.3 Å². The van der Waals surface area contributed by atoms with Crippen LogP contribution in [0.15, 0.2) is 25.0 Å². The van der Waals surface area contributed by atoms with Gasteiger partial charge in [0.15, 0.2) is 0 Å². The summed E-state index contributed by atoms with van der Waals surface area (Å²) in [7, 11) is 0. The molecule has 0 saturated carbocycles. The second-order valence-electron chi connectivity index (χ2n) is 2.00. The molecule has 4 heteroatoms. The van der Waals surface area contributed by atoms with E-state index in [9.17, 15) is 0 Å². The summed E-state index contributed by atoms with van der Waals surface area (Å²) in [6.45, 7) is 4.22. The molecule has 58 valence electrons. The summed E-state index contributed by atoms with van der Waals surface area (Å²) in [4.78, 5) is 7.82. The lowest BCUT2D eigenvalue weighted by molar-refractivity contribution is 1.17. The first-order chi connectivity index (χ1) is 5.33. The second-order valence-corrected chi connectivity index (χ2v) is 2.00. The van der Waals surface area contributed by atoms with Crippen molar-refractivity contribution in [2.45, 2.75) is 0 Å². The summed E-state index contributed by atoms with van der Waals surface area (Å²) in [5.41, 5.74) is 5.39. The minimum absolute atomic E-state index is 0.416. The topological polar surface area (TPSA) is 63.8 Å². The van der Waals surface area contributed by atoms with Crippen LogP contribution in [0.25, 0.3) is 0 Å². The van der Waals surface area contributed by atoms with Crippen LogP contribution in [-0.2, 0) is 0 Å². The van der Waals surface area contributed by atoms with Crippen LogP contribution in [0.5, 0.6) is 0 Å². The van der Waals surface area contributed by atoms with E-state index in [0.717, 1.165) is 0 Å². The first kappa shape index (κ1) is 7.53. The summed E-state index contributed by atoms with van der Waals surface area (Å²) in [5, 5.41) is 2.96. The van der Waals surface area contributed by atoms with E-state index in [1.165, 1.54) is 6.20 Å². The lowest BCUT2D eigenvalue weighted by Gasteiger charge is -2.00. The smallest absolute Gasteiger partial charge is 0.147 e. The molecular weight excluding hydrogens is 140 g/mol. The van der Waals surface area contributed by atoms with Crippen LogP contribution >= 0.6 is 0 Å². The third kappa shape index (κ3) is 2.25. The standard InChI is InChI=1S/C7H10N4/c1-2-3-10-7-5-9-4-6(8)11-7/h2,4-5H,1,3H2,(H3,8,10,11). The molecule has 3 N–H and O–H groups in total. The molecule has 0 aliphatic rings. The van der Waals surface area contributed by atoms with Crippen molar-refractivity contribution in [1.82, 2.24) is 9.97 Å². The minimum Gasteiger partial charge on any atom is -0.382 e. The van der Waals surface area contributed by atoms with Crippen molar-refractivity contribution in [1.29, 1.82) is 0 Å². The number of nitrogen functional groups attached to an aromatic ring is 1. The van der Waals surface area contributed by atoms with Gasteiger partial charge in [-0.25, -0.2) is 4.98 Å². The van der Waals surface area contributed by atoms with Gasteiger partial charge in [-0.3, -0.25) is 4.98 Å². The third-order valence-corrected chi connectivity index (χ3v) is 1.08. The minimum atomic E-state index is 0.416. The predicted molar refractivity (Wildman–Crippen MR) is 45.1 cm³/mol. The Labute approximate surface area is 65.2 Å². The van der Waals surface area contributed by atoms with Crippen LogP contribution in [0.4, 0.5) is 11.6 Å². The monoisotopic (exact) mass is 150 g/mol. The lowest BCUT2D eigenvalue weighted by Crippen LogP contribution is -2.02. The van der Waals surface area contributed by atoms with Gasteiger partial charge in [-0.2, -0.15) is 0 Å². The van der Waals surface area contributed by atoms with Crippen molar-refractivity contribution in [3.8, 4) is 0 Å². The van der Waals surface area contributed by atoms with Gasteiger partial charge < -0.3 is 11.1 Å². The predicted octanol–water partition coefficient (Wildman–Crippen LogP) is 0.657. The number of nitrogens with one attached hydrogen (secondary N) is 1. The van der Waals surface area contributed by atoms with Crippen LogP contribution in [0, 0.1) is 0 Å². The summed E-state index contributed by atoms with van der Waals surface area (Å²) in [5.74, 6) is 1.09. The number of hydrogen-bond acceptors (Lipinski definition) is 4. The van der Waals surface area contributed by atoms with Crippen molar-refractivity contribution in [2.75, 3.05) is 17.6 Å². The lowest BCUT2D eigenvalue weighted by atomic mass is 10.5. The molecule has 1 heterocycles. The molecule has 0 spiro atoms. The molecule has 4 nitrogen and oxygen atoms in total. The van der Waals surface area contributed by atoms with Gasteiger partial charge in [0.05, 0.1) is 12.4 Å². The van der Waals surface area contributed by atoms with Gasteiger partial charge in [0.2, 0.25) is 0 Å². The molecular formula is C7H10N4. The first-order valence-corrected chi connectivity index (χ1v) is 3.25. The Balaban J connectivity index is 2.63. The van der Waals surface area contributed by atoms with Gasteiger partial charge in [-0.1, -0.05) is 6.08 Å². The van der Waals surface area contributed by atoms with Gasteiger partial charge in [0.25, 0.3) is 0 Å². The van der Waals surface area contributed by atoms with Crippen molar-refractivity contribution < 1.29 is 0 Å². The van der Waals surface area contributed by atoms with Gasteiger partial charge in [0, 0.05) is 6.54 Å². The fourth-order valence-electron chi connectivity index (χ4n) is 0.643. The Morgan fingerprint density at radius 2 is 2.45 bits per heavy atom. The number of anilines is 2. The molecule has 0 bridgehead atoms. The van der Waals surface area contributed by atoms with E-state index in [0.29, 0.717) is 18.2 Å². The average Bonchev–Trinajstić information content (AvgIpc) is 2.01. The largest absolute Gasteiger partial charge is 0.382 e. The summed E-state index contributed by atoms with van der Waals surface area (Å²) in [6, 6.07) is 0. The van der Waals surface area contributed by atoms with Crippen LogP contribution in [-0.4, -0.2) is 16.5 Å². The molecule has 0 aliphatic carbocycles. The molecule has 0 atom stereocenters. The van der Waals surface area contributed by atoms with Crippen LogP contribution in [0.3, 0.4) is 0 Å². The maximum absolute atomic E-state index is 5.39. The molecule has 0 fully saturated rings. The highest BCUT2D eigenvalue weighted by molar-refractivity contribution is 5.38. The van der Waals surface area contributed by atoms with E-state index < -0.39 is 0 Å². The number of aromatic nitrogens is 2. The summed E-state index contributed by atoms with van der Waals surface area (Å²) >= 11 is 0. The van der Waals surface area contributed by atoms with Crippen molar-refractivity contribution in [3.63, 3.8) is 0 Å². The number of nitrogens with two attached hydrogens (primary N) is 1. The van der Waals surface area contributed by atoms with Crippen molar-refractivity contribution in [3.05, 3.63) is 25.0 Å². The van der Waals surface area contributed by atoms with E-state index in [4.69, 9.17) is 5.73 Å². The molecule has 0 saturated heterocycles. The number of rotatable bonds is 3. The Bertz CT molecular complexity index is 246. The van der Waals surface area contributed by atoms with Gasteiger partial charge in [0.1, 0.15) is 11.6 Å². The molecule has 11 heavy (non-hydrogen) atoms. The van der Waals surface area contributed by atoms with Crippen LogP contribution in [0.1, 0.15) is 0 Å². The van der Waals surface area contributed by atoms with Crippen molar-refractivity contribution in [2.24, 2.45) is 0 Å². The fourth-order valence-corrected chi connectivity index (χ4v) is 0.643. The first-order valence-electron chi connectivity index (χ1n) is 3.25. The van der Waals surface area contributed by atoms with Gasteiger partial charge in [-0.05, 0) is 0 Å². The van der Waals surface area contributed by atoms with Crippen LogP contribution < -0.4 is 11.1 Å². The van der Waals surface area contributed by atoms with E-state index in [-0.39, 0.29) is 0 Å². The highest BCUT2D eigenvalue weighted by Gasteiger charge is 1.91. The normalized spacial score (nSPS) is 9.09. The molecule has 1 aromatic heterocycles. The van der Waals surface area contributed by atoms with Gasteiger partial charge in [-0.15, -0.1) is 6.58 Å². The van der Waals surface area contributed by atoms with Crippen LogP contribution in [0.2, 0.25) is 0 Å². The molecule has 1 aromatic rings. The Hall–Kier alpha value is -1.58. The van der Waals surface area contributed by atoms with Gasteiger partial charge >= 0.3 is 0 Å². The average molecular weight is 150 g/mol. The molecule has 0 unspecified atom stereocenters. The molecule has 0 amide bonds. The maximum Gasteiger partial charge on any atom is 0.147 e. The second kappa shape index (κ2) is 3.55. The zero-order chi connectivity index (χ0) is 8.10. The molecule has 0 aromatic carbocycles. The Morgan fingerprint density at radius 1 is 1.64 bits per heavy atom. The molecule has 1 rings (SSSR count). The summed E-state index contributed by atoms with van der Waals surface area (Å²) in [6.07, 6.45) is 4.85. The van der Waals surface area contributed by atoms with E-state index in [1.807, 2.05) is 0 Å². The Kier molecular flexibility index (Phi) is 2.43. The number of nitrogens with zero attached hydrogens (tertiary/aromatic N) is 2. The number of hydrogen-bond donors (Lipinski definition) is 2. The molecule has 0 aliphatic heterocycles. The fraction of sp³-hybridized carbons (Fsp3) is 0.143. The van der Waals surface area contributed by atoms with Crippen molar-refractivity contribution >= 4 is 11.6 Å². The maximum atomic E-state index is 5.39. The summed E-state index contributed by atoms with van der Waals surface area (Å²) < 4.78 is 0. The highest BCUT2D eigenvalue weighted by atomic mass is 15.0. The third-order valence-electron chi connectivity index (χ3n) is 1.08. The zero-order valence-corrected chi connectivity index (χ0v) is 6.12. The quantitative estimate of drug-likeness (QED) is 0.621. The van der Waals surface area contributed by atoms with E-state index >= 15 is 0 Å². The Morgan fingerprint density at radius 3 is 3.09 bits per heavy atom. The SMILES string of the molecule is C=CCNc1cncc(N)n1. The zero-order valence-electron chi connectivity index (χ0n) is 6.12. The van der Waals surface area contributed by atoms with E-state index in [2.05, 4.69) is 21.9 Å². The molecule has 0 radical (unpaired) electrons. The highest BCUT2D eigenvalue weighted by Crippen LogP contribution is 2.01.